The minimum atomic E-state index is -0.602. The van der Waals surface area contributed by atoms with Crippen LogP contribution in [0.2, 0.25) is 0 Å². The van der Waals surface area contributed by atoms with Gasteiger partial charge in [0.2, 0.25) is 5.91 Å². The second-order valence-electron chi connectivity index (χ2n) is 4.90. The number of carbonyl (C=O) groups is 1. The molecule has 1 aliphatic rings. The summed E-state index contributed by atoms with van der Waals surface area (Å²) in [6.45, 7) is 2.60. The zero-order valence-electron chi connectivity index (χ0n) is 10.5. The molecule has 2 atom stereocenters. The van der Waals surface area contributed by atoms with Gasteiger partial charge in [0.25, 0.3) is 0 Å². The van der Waals surface area contributed by atoms with Crippen LogP contribution in [0.4, 0.5) is 0 Å². The summed E-state index contributed by atoms with van der Waals surface area (Å²) in [6.07, 6.45) is 1.70. The minimum Gasteiger partial charge on any atom is -0.368 e. The maximum Gasteiger partial charge on any atom is 0.239 e. The van der Waals surface area contributed by atoms with Crippen LogP contribution in [0, 0.1) is 11.3 Å². The highest BCUT2D eigenvalue weighted by molar-refractivity contribution is 5.81. The van der Waals surface area contributed by atoms with Gasteiger partial charge in [0.15, 0.2) is 0 Å². The highest BCUT2D eigenvalue weighted by Gasteiger charge is 2.43. The summed E-state index contributed by atoms with van der Waals surface area (Å²) in [7, 11) is 0. The van der Waals surface area contributed by atoms with E-state index in [1.54, 1.807) is 0 Å². The van der Waals surface area contributed by atoms with E-state index in [9.17, 15) is 10.1 Å². The molecule has 0 bridgehead atoms. The predicted molar refractivity (Wildman–Crippen MR) is 68.3 cm³/mol. The number of nitrogens with zero attached hydrogens (tertiary/aromatic N) is 2. The summed E-state index contributed by atoms with van der Waals surface area (Å²) in [5.74, 6) is -0.399. The zero-order valence-corrected chi connectivity index (χ0v) is 10.5. The van der Waals surface area contributed by atoms with Crippen molar-refractivity contribution in [3.63, 3.8) is 0 Å². The van der Waals surface area contributed by atoms with Crippen molar-refractivity contribution in [2.75, 3.05) is 6.54 Å². The molecule has 1 heterocycles. The highest BCUT2D eigenvalue weighted by atomic mass is 16.1. The van der Waals surface area contributed by atoms with E-state index in [0.717, 1.165) is 24.9 Å². The smallest absolute Gasteiger partial charge is 0.239 e. The standard InChI is InChI=1S/C14H17N3O/c1-14(10-15)8-5-9-17(14)12(13(16)18)11-6-3-2-4-7-11/h2-4,6-7,12H,5,8-9H2,1H3,(H2,16,18). The van der Waals surface area contributed by atoms with Gasteiger partial charge in [0.05, 0.1) is 6.07 Å². The summed E-state index contributed by atoms with van der Waals surface area (Å²) in [5, 5.41) is 9.33. The van der Waals surface area contributed by atoms with Crippen molar-refractivity contribution < 1.29 is 4.79 Å². The number of amides is 1. The Morgan fingerprint density at radius 2 is 2.17 bits per heavy atom. The summed E-state index contributed by atoms with van der Waals surface area (Å²) < 4.78 is 0. The molecular weight excluding hydrogens is 226 g/mol. The largest absolute Gasteiger partial charge is 0.368 e. The van der Waals surface area contributed by atoms with Gasteiger partial charge >= 0.3 is 0 Å². The van der Waals surface area contributed by atoms with E-state index in [1.165, 1.54) is 0 Å². The molecule has 94 valence electrons. The molecule has 0 aliphatic carbocycles. The monoisotopic (exact) mass is 243 g/mol. The molecule has 1 saturated heterocycles. The van der Waals surface area contributed by atoms with E-state index in [2.05, 4.69) is 6.07 Å². The van der Waals surface area contributed by atoms with Crippen molar-refractivity contribution in [1.82, 2.24) is 4.90 Å². The van der Waals surface area contributed by atoms with Gasteiger partial charge in [0, 0.05) is 6.54 Å². The van der Waals surface area contributed by atoms with Crippen LogP contribution < -0.4 is 5.73 Å². The molecule has 1 fully saturated rings. The van der Waals surface area contributed by atoms with Crippen LogP contribution in [-0.2, 0) is 4.79 Å². The number of hydrogen-bond acceptors (Lipinski definition) is 3. The molecule has 0 saturated carbocycles. The number of benzene rings is 1. The first-order valence-electron chi connectivity index (χ1n) is 6.11. The Hall–Kier alpha value is -1.86. The molecule has 1 aliphatic heterocycles. The molecule has 2 rings (SSSR count). The van der Waals surface area contributed by atoms with E-state index in [1.807, 2.05) is 42.2 Å². The lowest BCUT2D eigenvalue weighted by atomic mass is 9.96. The van der Waals surface area contributed by atoms with E-state index in [0.29, 0.717) is 0 Å². The molecule has 1 amide bonds. The Bertz CT molecular complexity index is 480. The summed E-state index contributed by atoms with van der Waals surface area (Å²) >= 11 is 0. The van der Waals surface area contributed by atoms with Gasteiger partial charge in [-0.1, -0.05) is 30.3 Å². The van der Waals surface area contributed by atoms with Gasteiger partial charge in [-0.2, -0.15) is 5.26 Å². The third kappa shape index (κ3) is 2.09. The molecule has 0 spiro atoms. The van der Waals surface area contributed by atoms with Gasteiger partial charge in [0.1, 0.15) is 11.6 Å². The first kappa shape index (κ1) is 12.6. The third-order valence-corrected chi connectivity index (χ3v) is 3.63. The molecule has 4 heteroatoms. The van der Waals surface area contributed by atoms with Crippen molar-refractivity contribution in [3.8, 4) is 6.07 Å². The highest BCUT2D eigenvalue weighted by Crippen LogP contribution is 2.36. The van der Waals surface area contributed by atoms with Gasteiger partial charge in [-0.05, 0) is 25.3 Å². The molecule has 0 aromatic heterocycles. The zero-order chi connectivity index (χ0) is 13.2. The normalized spacial score (nSPS) is 25.6. The molecular formula is C14H17N3O. The third-order valence-electron chi connectivity index (χ3n) is 3.63. The Balaban J connectivity index is 2.39. The van der Waals surface area contributed by atoms with E-state index in [4.69, 9.17) is 5.73 Å². The average molecular weight is 243 g/mol. The van der Waals surface area contributed by atoms with Crippen molar-refractivity contribution in [2.24, 2.45) is 5.73 Å². The van der Waals surface area contributed by atoms with Gasteiger partial charge in [-0.3, -0.25) is 9.69 Å². The first-order valence-corrected chi connectivity index (χ1v) is 6.11. The van der Waals surface area contributed by atoms with Gasteiger partial charge < -0.3 is 5.73 Å². The van der Waals surface area contributed by atoms with Crippen molar-refractivity contribution in [3.05, 3.63) is 35.9 Å². The van der Waals surface area contributed by atoms with Crippen LogP contribution in [0.1, 0.15) is 31.4 Å². The first-order chi connectivity index (χ1) is 8.58. The maximum atomic E-state index is 11.8. The topological polar surface area (TPSA) is 70.1 Å². The van der Waals surface area contributed by atoms with Crippen LogP contribution in [0.15, 0.2) is 30.3 Å². The fraction of sp³-hybridized carbons (Fsp3) is 0.429. The number of carbonyl (C=O) groups excluding carboxylic acids is 1. The van der Waals surface area contributed by atoms with Crippen molar-refractivity contribution in [2.45, 2.75) is 31.3 Å². The molecule has 1 aromatic carbocycles. The predicted octanol–water partition coefficient (Wildman–Crippen LogP) is 1.59. The van der Waals surface area contributed by atoms with Gasteiger partial charge in [-0.25, -0.2) is 0 Å². The van der Waals surface area contributed by atoms with Crippen LogP contribution in [0.5, 0.6) is 0 Å². The number of nitriles is 1. The minimum absolute atomic E-state index is 0.399. The fourth-order valence-corrected chi connectivity index (χ4v) is 2.65. The van der Waals surface area contributed by atoms with Crippen molar-refractivity contribution in [1.29, 1.82) is 5.26 Å². The van der Waals surface area contributed by atoms with E-state index >= 15 is 0 Å². The Labute approximate surface area is 107 Å². The van der Waals surface area contributed by atoms with Crippen LogP contribution in [-0.4, -0.2) is 22.9 Å². The Kier molecular flexibility index (Phi) is 3.35. The Morgan fingerprint density at radius 1 is 1.50 bits per heavy atom. The molecule has 4 nitrogen and oxygen atoms in total. The Morgan fingerprint density at radius 3 is 2.72 bits per heavy atom. The van der Waals surface area contributed by atoms with Gasteiger partial charge in [-0.15, -0.1) is 0 Å². The summed E-state index contributed by atoms with van der Waals surface area (Å²) in [5.41, 5.74) is 5.79. The second kappa shape index (κ2) is 4.79. The molecule has 0 radical (unpaired) electrons. The number of primary amides is 1. The molecule has 1 aromatic rings. The van der Waals surface area contributed by atoms with E-state index < -0.39 is 17.5 Å². The fourth-order valence-electron chi connectivity index (χ4n) is 2.65. The molecule has 18 heavy (non-hydrogen) atoms. The molecule has 2 N–H and O–H groups in total. The number of rotatable bonds is 3. The summed E-state index contributed by atoms with van der Waals surface area (Å²) in [4.78, 5) is 13.7. The van der Waals surface area contributed by atoms with Crippen molar-refractivity contribution >= 4 is 5.91 Å². The SMILES string of the molecule is CC1(C#N)CCCN1C(C(N)=O)c1ccccc1. The number of nitrogens with two attached hydrogens (primary N) is 1. The lowest BCUT2D eigenvalue weighted by Gasteiger charge is -2.34. The maximum absolute atomic E-state index is 11.8. The summed E-state index contributed by atoms with van der Waals surface area (Å²) in [6, 6.07) is 11.2. The number of hydrogen-bond donors (Lipinski definition) is 1. The molecule has 2 unspecified atom stereocenters. The average Bonchev–Trinajstić information content (AvgIpc) is 2.74. The van der Waals surface area contributed by atoms with Crippen LogP contribution >= 0.6 is 0 Å². The van der Waals surface area contributed by atoms with E-state index in [-0.39, 0.29) is 0 Å². The van der Waals surface area contributed by atoms with Crippen LogP contribution in [0.3, 0.4) is 0 Å². The number of likely N-dealkylation sites (tertiary alicyclic amines) is 1. The quantitative estimate of drug-likeness (QED) is 0.876. The van der Waals surface area contributed by atoms with Crippen LogP contribution in [0.25, 0.3) is 0 Å². The second-order valence-corrected chi connectivity index (χ2v) is 4.90. The lowest BCUT2D eigenvalue weighted by Crippen LogP contribution is -2.46. The lowest BCUT2D eigenvalue weighted by molar-refractivity contribution is -0.124.